The van der Waals surface area contributed by atoms with Crippen LogP contribution in [0.25, 0.3) is 0 Å². The Morgan fingerprint density at radius 3 is 2.55 bits per heavy atom. The summed E-state index contributed by atoms with van der Waals surface area (Å²) >= 11 is 0. The zero-order valence-electron chi connectivity index (χ0n) is 11.1. The van der Waals surface area contributed by atoms with Crippen LogP contribution in [0, 0.1) is 0 Å². The fraction of sp³-hybridized carbons (Fsp3) is 0.800. The van der Waals surface area contributed by atoms with E-state index in [9.17, 15) is 18.0 Å². The van der Waals surface area contributed by atoms with E-state index in [4.69, 9.17) is 0 Å². The third-order valence-corrected chi connectivity index (χ3v) is 3.29. The van der Waals surface area contributed by atoms with Gasteiger partial charge in [0, 0.05) is 20.1 Å². The smallest absolute Gasteiger partial charge is 0.331 e. The molecule has 1 atom stereocenters. The average molecular weight is 292 g/mol. The number of aryl methyl sites for hydroxylation is 1. The fourth-order valence-corrected chi connectivity index (χ4v) is 2.19. The highest BCUT2D eigenvalue weighted by Crippen LogP contribution is 2.22. The molecule has 20 heavy (non-hydrogen) atoms. The Balaban J connectivity index is 1.99. The normalized spacial score (nSPS) is 19.4. The van der Waals surface area contributed by atoms with Crippen LogP contribution in [0.2, 0.25) is 0 Å². The first-order valence-electron chi connectivity index (χ1n) is 6.09. The summed E-state index contributed by atoms with van der Waals surface area (Å²) in [6.07, 6.45) is -4.36. The van der Waals surface area contributed by atoms with E-state index in [0.717, 1.165) is 4.90 Å². The number of hydrogen-bond acceptors (Lipinski definition) is 5. The third kappa shape index (κ3) is 3.24. The number of alkyl halides is 3. The largest absolute Gasteiger partial charge is 0.406 e. The van der Waals surface area contributed by atoms with E-state index in [0.29, 0.717) is 12.4 Å². The zero-order chi connectivity index (χ0) is 14.9. The van der Waals surface area contributed by atoms with Crippen molar-refractivity contribution >= 4 is 5.91 Å². The van der Waals surface area contributed by atoms with Gasteiger partial charge in [-0.25, -0.2) is 4.68 Å². The lowest BCUT2D eigenvalue weighted by atomic mass is 10.2. The van der Waals surface area contributed by atoms with E-state index in [2.05, 4.69) is 15.5 Å². The van der Waals surface area contributed by atoms with E-state index < -0.39 is 18.6 Å². The quantitative estimate of drug-likeness (QED) is 0.783. The predicted molar refractivity (Wildman–Crippen MR) is 61.4 cm³/mol. The second-order valence-electron chi connectivity index (χ2n) is 4.74. The maximum atomic E-state index is 12.3. The molecule has 1 fully saturated rings. The van der Waals surface area contributed by atoms with E-state index in [-0.39, 0.29) is 19.1 Å². The van der Waals surface area contributed by atoms with Crippen LogP contribution in [0.5, 0.6) is 0 Å². The average Bonchev–Trinajstić information content (AvgIpc) is 2.75. The van der Waals surface area contributed by atoms with E-state index in [1.165, 1.54) is 4.68 Å². The molecule has 7 nitrogen and oxygen atoms in total. The van der Waals surface area contributed by atoms with Crippen molar-refractivity contribution in [2.24, 2.45) is 7.05 Å². The number of carbonyl (C=O) groups is 1. The van der Waals surface area contributed by atoms with Crippen molar-refractivity contribution < 1.29 is 18.0 Å². The van der Waals surface area contributed by atoms with Crippen LogP contribution in [-0.4, -0.2) is 68.3 Å². The maximum absolute atomic E-state index is 12.3. The number of amides is 1. The van der Waals surface area contributed by atoms with Crippen LogP contribution >= 0.6 is 0 Å². The Kier molecular flexibility index (Phi) is 3.93. The van der Waals surface area contributed by atoms with Gasteiger partial charge in [0.1, 0.15) is 6.54 Å². The lowest BCUT2D eigenvalue weighted by Crippen LogP contribution is -2.53. The molecule has 2 heterocycles. The van der Waals surface area contributed by atoms with Crippen LogP contribution in [-0.2, 0) is 11.8 Å². The Hall–Kier alpha value is -1.71. The highest BCUT2D eigenvalue weighted by molar-refractivity contribution is 5.79. The Morgan fingerprint density at radius 2 is 2.05 bits per heavy atom. The first-order chi connectivity index (χ1) is 9.28. The summed E-state index contributed by atoms with van der Waals surface area (Å²) in [5.41, 5.74) is 0. The standard InChI is InChI=1S/C10H15F3N6O/c1-7(9-14-15-16-17(9)2)18-3-4-19(8(20)5-18)6-10(11,12)13/h7H,3-6H2,1-2H3. The topological polar surface area (TPSA) is 67.2 Å². The van der Waals surface area contributed by atoms with Gasteiger partial charge >= 0.3 is 6.18 Å². The number of carbonyl (C=O) groups excluding carboxylic acids is 1. The van der Waals surface area contributed by atoms with Crippen LogP contribution in [0.4, 0.5) is 13.2 Å². The van der Waals surface area contributed by atoms with E-state index >= 15 is 0 Å². The summed E-state index contributed by atoms with van der Waals surface area (Å²) in [4.78, 5) is 14.4. The van der Waals surface area contributed by atoms with Gasteiger partial charge in [-0.05, 0) is 17.4 Å². The number of piperazine rings is 1. The van der Waals surface area contributed by atoms with Crippen LogP contribution in [0.15, 0.2) is 0 Å². The van der Waals surface area contributed by atoms with Crippen molar-refractivity contribution in [2.75, 3.05) is 26.2 Å². The first kappa shape index (κ1) is 14.7. The van der Waals surface area contributed by atoms with Gasteiger partial charge in [0.05, 0.1) is 12.6 Å². The Labute approximate surface area is 113 Å². The molecule has 2 rings (SSSR count). The molecule has 112 valence electrons. The zero-order valence-corrected chi connectivity index (χ0v) is 11.1. The number of rotatable bonds is 3. The van der Waals surface area contributed by atoms with Crippen molar-refractivity contribution in [3.8, 4) is 0 Å². The van der Waals surface area contributed by atoms with E-state index in [1.54, 1.807) is 11.9 Å². The van der Waals surface area contributed by atoms with Gasteiger partial charge in [-0.2, -0.15) is 13.2 Å². The molecule has 0 radical (unpaired) electrons. The summed E-state index contributed by atoms with van der Waals surface area (Å²) in [7, 11) is 1.67. The molecule has 0 bridgehead atoms. The van der Waals surface area contributed by atoms with Gasteiger partial charge in [-0.3, -0.25) is 9.69 Å². The number of halogens is 3. The summed E-state index contributed by atoms with van der Waals surface area (Å²) in [6.45, 7) is 0.964. The minimum atomic E-state index is -4.36. The number of aromatic nitrogens is 4. The molecule has 1 aliphatic heterocycles. The SMILES string of the molecule is CC(c1nnnn1C)N1CCN(CC(F)(F)F)C(=O)C1. The lowest BCUT2D eigenvalue weighted by molar-refractivity contribution is -0.166. The van der Waals surface area contributed by atoms with Gasteiger partial charge in [-0.1, -0.05) is 0 Å². The second-order valence-corrected chi connectivity index (χ2v) is 4.74. The summed E-state index contributed by atoms with van der Waals surface area (Å²) in [6, 6.07) is -0.230. The molecule has 1 unspecified atom stereocenters. The van der Waals surface area contributed by atoms with Crippen LogP contribution in [0.1, 0.15) is 18.8 Å². The highest BCUT2D eigenvalue weighted by atomic mass is 19.4. The van der Waals surface area contributed by atoms with Gasteiger partial charge < -0.3 is 4.90 Å². The monoisotopic (exact) mass is 292 g/mol. The van der Waals surface area contributed by atoms with Crippen molar-refractivity contribution in [2.45, 2.75) is 19.1 Å². The molecule has 1 saturated heterocycles. The van der Waals surface area contributed by atoms with Crippen LogP contribution < -0.4 is 0 Å². The van der Waals surface area contributed by atoms with Gasteiger partial charge in [0.25, 0.3) is 0 Å². The maximum Gasteiger partial charge on any atom is 0.406 e. The Morgan fingerprint density at radius 1 is 1.35 bits per heavy atom. The minimum absolute atomic E-state index is 0.0496. The first-order valence-corrected chi connectivity index (χ1v) is 6.09. The Bertz CT molecular complexity index is 488. The van der Waals surface area contributed by atoms with Crippen LogP contribution in [0.3, 0.4) is 0 Å². The third-order valence-electron chi connectivity index (χ3n) is 3.29. The van der Waals surface area contributed by atoms with Gasteiger partial charge in [0.15, 0.2) is 5.82 Å². The highest BCUT2D eigenvalue weighted by Gasteiger charge is 2.36. The number of nitrogens with zero attached hydrogens (tertiary/aromatic N) is 6. The summed E-state index contributed by atoms with van der Waals surface area (Å²) < 4.78 is 38.4. The molecule has 1 aromatic heterocycles. The summed E-state index contributed by atoms with van der Waals surface area (Å²) in [5.74, 6) is 0.0395. The molecular weight excluding hydrogens is 277 g/mol. The number of tetrazole rings is 1. The minimum Gasteiger partial charge on any atom is -0.331 e. The molecular formula is C10H15F3N6O. The molecule has 0 saturated carbocycles. The predicted octanol–water partition coefficient (Wildman–Crippen LogP) is -0.0224. The van der Waals surface area contributed by atoms with Crippen molar-refractivity contribution in [1.29, 1.82) is 0 Å². The molecule has 0 N–H and O–H groups in total. The lowest BCUT2D eigenvalue weighted by Gasteiger charge is -2.37. The van der Waals surface area contributed by atoms with Crippen molar-refractivity contribution in [1.82, 2.24) is 30.0 Å². The van der Waals surface area contributed by atoms with E-state index in [1.807, 2.05) is 6.92 Å². The molecule has 1 amide bonds. The fourth-order valence-electron chi connectivity index (χ4n) is 2.19. The second kappa shape index (κ2) is 5.35. The molecule has 0 spiro atoms. The van der Waals surface area contributed by atoms with Gasteiger partial charge in [0.2, 0.25) is 5.91 Å². The molecule has 1 aliphatic rings. The molecule has 0 aliphatic carbocycles. The van der Waals surface area contributed by atoms with Crippen molar-refractivity contribution in [3.05, 3.63) is 5.82 Å². The molecule has 0 aromatic carbocycles. The molecule has 10 heteroatoms. The summed E-state index contributed by atoms with van der Waals surface area (Å²) in [5, 5.41) is 11.1. The number of hydrogen-bond donors (Lipinski definition) is 0. The molecule has 1 aromatic rings. The van der Waals surface area contributed by atoms with Crippen molar-refractivity contribution in [3.63, 3.8) is 0 Å². The van der Waals surface area contributed by atoms with Gasteiger partial charge in [-0.15, -0.1) is 5.10 Å².